The summed E-state index contributed by atoms with van der Waals surface area (Å²) in [5, 5.41) is 4.12. The second-order valence-corrected chi connectivity index (χ2v) is 6.90. The number of carbonyl (C=O) groups is 1. The maximum Gasteiger partial charge on any atom is 0.257 e. The monoisotopic (exact) mass is 342 g/mol. The Morgan fingerprint density at radius 2 is 1.91 bits per heavy atom. The molecule has 0 aliphatic carbocycles. The first-order valence-corrected chi connectivity index (χ1v) is 8.34. The number of nitrogens with one attached hydrogen (secondary N) is 1. The molecular formula is C18H15ClN2OS. The highest BCUT2D eigenvalue weighted by Gasteiger charge is 2.13. The van der Waals surface area contributed by atoms with Crippen molar-refractivity contribution in [3.05, 3.63) is 69.6 Å². The number of nitrogens with zero attached hydrogens (tertiary/aromatic N) is 1. The minimum Gasteiger partial charge on any atom is -0.298 e. The standard InChI is InChI=1S/C18H15ClN2OS/c1-11-5-3-7-14(9-11)17(22)21-18-20-16(12(2)23-18)13-6-4-8-15(19)10-13/h3-10H,1-2H3,(H,20,21,22). The van der Waals surface area contributed by atoms with Crippen LogP contribution in [-0.4, -0.2) is 10.9 Å². The molecule has 0 unspecified atom stereocenters. The van der Waals surface area contributed by atoms with Gasteiger partial charge in [0.25, 0.3) is 5.91 Å². The number of carbonyl (C=O) groups excluding carboxylic acids is 1. The summed E-state index contributed by atoms with van der Waals surface area (Å²) >= 11 is 7.50. The fraction of sp³-hybridized carbons (Fsp3) is 0.111. The van der Waals surface area contributed by atoms with Gasteiger partial charge in [0, 0.05) is 21.0 Å². The van der Waals surface area contributed by atoms with E-state index in [2.05, 4.69) is 10.3 Å². The predicted molar refractivity (Wildman–Crippen MR) is 96.4 cm³/mol. The Hall–Kier alpha value is -2.17. The molecule has 0 aliphatic rings. The molecule has 116 valence electrons. The van der Waals surface area contributed by atoms with Crippen molar-refractivity contribution in [1.82, 2.24) is 4.98 Å². The van der Waals surface area contributed by atoms with E-state index in [0.29, 0.717) is 15.7 Å². The van der Waals surface area contributed by atoms with Crippen LogP contribution in [0.1, 0.15) is 20.8 Å². The van der Waals surface area contributed by atoms with Gasteiger partial charge in [-0.2, -0.15) is 0 Å². The molecule has 0 radical (unpaired) electrons. The van der Waals surface area contributed by atoms with Crippen molar-refractivity contribution in [3.8, 4) is 11.3 Å². The molecule has 23 heavy (non-hydrogen) atoms. The van der Waals surface area contributed by atoms with E-state index in [1.54, 1.807) is 6.07 Å². The van der Waals surface area contributed by atoms with Gasteiger partial charge in [0.15, 0.2) is 5.13 Å². The van der Waals surface area contributed by atoms with Crippen molar-refractivity contribution >= 4 is 34.0 Å². The second-order valence-electron chi connectivity index (χ2n) is 5.26. The number of thiazole rings is 1. The summed E-state index contributed by atoms with van der Waals surface area (Å²) in [5.74, 6) is -0.153. The molecule has 3 aromatic rings. The Morgan fingerprint density at radius 1 is 1.13 bits per heavy atom. The Morgan fingerprint density at radius 3 is 2.65 bits per heavy atom. The highest BCUT2D eigenvalue weighted by molar-refractivity contribution is 7.16. The number of hydrogen-bond acceptors (Lipinski definition) is 3. The molecule has 1 amide bonds. The third kappa shape index (κ3) is 3.60. The average molecular weight is 343 g/mol. The van der Waals surface area contributed by atoms with Crippen LogP contribution in [0.3, 0.4) is 0 Å². The lowest BCUT2D eigenvalue weighted by molar-refractivity contribution is 0.102. The zero-order chi connectivity index (χ0) is 16.4. The van der Waals surface area contributed by atoms with Gasteiger partial charge in [0.05, 0.1) is 5.69 Å². The molecule has 0 atom stereocenters. The van der Waals surface area contributed by atoms with Crippen molar-refractivity contribution in [1.29, 1.82) is 0 Å². The zero-order valence-electron chi connectivity index (χ0n) is 12.8. The smallest absolute Gasteiger partial charge is 0.257 e. The first-order valence-electron chi connectivity index (χ1n) is 7.14. The van der Waals surface area contributed by atoms with Crippen LogP contribution in [0.5, 0.6) is 0 Å². The predicted octanol–water partition coefficient (Wildman–Crippen LogP) is 5.33. The van der Waals surface area contributed by atoms with E-state index < -0.39 is 0 Å². The zero-order valence-corrected chi connectivity index (χ0v) is 14.3. The molecule has 0 fully saturated rings. The third-order valence-corrected chi connectivity index (χ3v) is 4.52. The second kappa shape index (κ2) is 6.52. The molecule has 3 rings (SSSR count). The van der Waals surface area contributed by atoms with E-state index in [-0.39, 0.29) is 5.91 Å². The molecular weight excluding hydrogens is 328 g/mol. The molecule has 0 aliphatic heterocycles. The highest BCUT2D eigenvalue weighted by atomic mass is 35.5. The van der Waals surface area contributed by atoms with Gasteiger partial charge in [0.1, 0.15) is 0 Å². The Bertz CT molecular complexity index is 873. The fourth-order valence-electron chi connectivity index (χ4n) is 2.31. The van der Waals surface area contributed by atoms with E-state index in [1.807, 2.05) is 56.3 Å². The lowest BCUT2D eigenvalue weighted by Gasteiger charge is -2.02. The molecule has 5 heteroatoms. The van der Waals surface area contributed by atoms with Crippen molar-refractivity contribution in [3.63, 3.8) is 0 Å². The number of benzene rings is 2. The summed E-state index contributed by atoms with van der Waals surface area (Å²) in [6, 6.07) is 15.0. The number of hydrogen-bond donors (Lipinski definition) is 1. The van der Waals surface area contributed by atoms with Crippen molar-refractivity contribution in [2.45, 2.75) is 13.8 Å². The van der Waals surface area contributed by atoms with Crippen molar-refractivity contribution in [2.75, 3.05) is 5.32 Å². The third-order valence-electron chi connectivity index (χ3n) is 3.40. The lowest BCUT2D eigenvalue weighted by atomic mass is 10.1. The van der Waals surface area contributed by atoms with Crippen molar-refractivity contribution in [2.24, 2.45) is 0 Å². The maximum atomic E-state index is 12.3. The van der Waals surface area contributed by atoms with Crippen LogP contribution in [0.2, 0.25) is 5.02 Å². The number of halogens is 1. The van der Waals surface area contributed by atoms with E-state index in [1.165, 1.54) is 11.3 Å². The van der Waals surface area contributed by atoms with E-state index in [0.717, 1.165) is 21.7 Å². The minimum absolute atomic E-state index is 0.153. The normalized spacial score (nSPS) is 10.6. The Balaban J connectivity index is 1.85. The number of amides is 1. The number of aryl methyl sites for hydroxylation is 2. The largest absolute Gasteiger partial charge is 0.298 e. The van der Waals surface area contributed by atoms with Gasteiger partial charge in [-0.05, 0) is 38.1 Å². The lowest BCUT2D eigenvalue weighted by Crippen LogP contribution is -2.11. The van der Waals surface area contributed by atoms with Gasteiger partial charge in [-0.3, -0.25) is 10.1 Å². The van der Waals surface area contributed by atoms with Gasteiger partial charge in [-0.15, -0.1) is 11.3 Å². The summed E-state index contributed by atoms with van der Waals surface area (Å²) in [6.45, 7) is 3.94. The highest BCUT2D eigenvalue weighted by Crippen LogP contribution is 2.31. The Labute approximate surface area is 144 Å². The SMILES string of the molecule is Cc1cccc(C(=O)Nc2nc(-c3cccc(Cl)c3)c(C)s2)c1. The van der Waals surface area contributed by atoms with Gasteiger partial charge in [-0.25, -0.2) is 4.98 Å². The van der Waals surface area contributed by atoms with Gasteiger partial charge in [0.2, 0.25) is 0 Å². The number of anilines is 1. The van der Waals surface area contributed by atoms with Gasteiger partial charge < -0.3 is 0 Å². The molecule has 2 aromatic carbocycles. The molecule has 0 saturated carbocycles. The summed E-state index contributed by atoms with van der Waals surface area (Å²) in [5.41, 5.74) is 3.47. The van der Waals surface area contributed by atoms with Gasteiger partial charge >= 0.3 is 0 Å². The molecule has 3 nitrogen and oxygen atoms in total. The maximum absolute atomic E-state index is 12.3. The van der Waals surface area contributed by atoms with Crippen molar-refractivity contribution < 1.29 is 4.79 Å². The molecule has 1 heterocycles. The van der Waals surface area contributed by atoms with Crippen LogP contribution in [0.4, 0.5) is 5.13 Å². The van der Waals surface area contributed by atoms with Crippen LogP contribution in [0.15, 0.2) is 48.5 Å². The van der Waals surface area contributed by atoms with Crippen LogP contribution in [-0.2, 0) is 0 Å². The summed E-state index contributed by atoms with van der Waals surface area (Å²) < 4.78 is 0. The quantitative estimate of drug-likeness (QED) is 0.698. The van der Waals surface area contributed by atoms with E-state index in [4.69, 9.17) is 11.6 Å². The molecule has 0 saturated heterocycles. The molecule has 0 spiro atoms. The van der Waals surface area contributed by atoms with Crippen LogP contribution in [0, 0.1) is 13.8 Å². The molecule has 0 bridgehead atoms. The van der Waals surface area contributed by atoms with Crippen LogP contribution in [0.25, 0.3) is 11.3 Å². The van der Waals surface area contributed by atoms with E-state index >= 15 is 0 Å². The topological polar surface area (TPSA) is 42.0 Å². The average Bonchev–Trinajstić information content (AvgIpc) is 2.88. The van der Waals surface area contributed by atoms with Crippen LogP contribution < -0.4 is 5.32 Å². The number of rotatable bonds is 3. The first-order chi connectivity index (χ1) is 11.0. The summed E-state index contributed by atoms with van der Waals surface area (Å²) in [6.07, 6.45) is 0. The van der Waals surface area contributed by atoms with Crippen LogP contribution >= 0.6 is 22.9 Å². The summed E-state index contributed by atoms with van der Waals surface area (Å²) in [4.78, 5) is 17.9. The molecule has 1 aromatic heterocycles. The first kappa shape index (κ1) is 15.7. The summed E-state index contributed by atoms with van der Waals surface area (Å²) in [7, 11) is 0. The molecule has 1 N–H and O–H groups in total. The Kier molecular flexibility index (Phi) is 4.46. The number of aromatic nitrogens is 1. The fourth-order valence-corrected chi connectivity index (χ4v) is 3.33. The van der Waals surface area contributed by atoms with Gasteiger partial charge in [-0.1, -0.05) is 41.4 Å². The minimum atomic E-state index is -0.153. The van der Waals surface area contributed by atoms with E-state index in [9.17, 15) is 4.79 Å².